The van der Waals surface area contributed by atoms with Gasteiger partial charge in [0.1, 0.15) is 0 Å². The maximum atomic E-state index is 12.5. The summed E-state index contributed by atoms with van der Waals surface area (Å²) in [4.78, 5) is 12.5. The molecule has 0 bridgehead atoms. The van der Waals surface area contributed by atoms with Crippen molar-refractivity contribution in [2.24, 2.45) is 17.8 Å². The topological polar surface area (TPSA) is 26.3 Å². The van der Waals surface area contributed by atoms with E-state index in [-0.39, 0.29) is 18.1 Å². The Hall–Kier alpha value is -0.890. The first kappa shape index (κ1) is 12.6. The van der Waals surface area contributed by atoms with Gasteiger partial charge in [-0.1, -0.05) is 19.9 Å². The molecule has 2 heteroatoms. The van der Waals surface area contributed by atoms with Crippen molar-refractivity contribution in [2.45, 2.75) is 46.3 Å². The number of rotatable bonds is 2. The molecule has 0 spiro atoms. The summed E-state index contributed by atoms with van der Waals surface area (Å²) in [5.74, 6) is 1.25. The average molecular weight is 234 g/mol. The molecule has 0 aromatic heterocycles. The maximum absolute atomic E-state index is 12.5. The Balaban J connectivity index is 2.41. The highest BCUT2D eigenvalue weighted by molar-refractivity contribution is 6.01. The van der Waals surface area contributed by atoms with Crippen LogP contribution in [-0.4, -0.2) is 18.0 Å². The van der Waals surface area contributed by atoms with E-state index in [1.807, 2.05) is 6.92 Å². The fourth-order valence-corrected chi connectivity index (χ4v) is 3.18. The van der Waals surface area contributed by atoms with E-state index < -0.39 is 0 Å². The van der Waals surface area contributed by atoms with Crippen LogP contribution in [0.3, 0.4) is 0 Å². The predicted molar refractivity (Wildman–Crippen MR) is 68.7 cm³/mol. The molecule has 1 saturated carbocycles. The van der Waals surface area contributed by atoms with Crippen molar-refractivity contribution in [1.82, 2.24) is 0 Å². The number of carbonyl (C=O) groups is 1. The zero-order chi connectivity index (χ0) is 12.7. The lowest BCUT2D eigenvalue weighted by Gasteiger charge is -2.32. The van der Waals surface area contributed by atoms with E-state index in [1.165, 1.54) is 0 Å². The molecular formula is C15H22O2. The van der Waals surface area contributed by atoms with Crippen molar-refractivity contribution < 1.29 is 9.53 Å². The predicted octanol–water partition coefficient (Wildman–Crippen LogP) is 3.14. The van der Waals surface area contributed by atoms with E-state index in [9.17, 15) is 4.79 Å². The van der Waals surface area contributed by atoms with Gasteiger partial charge in [0, 0.05) is 17.4 Å². The van der Waals surface area contributed by atoms with Crippen molar-refractivity contribution >= 4 is 5.78 Å². The highest BCUT2D eigenvalue weighted by Crippen LogP contribution is 2.44. The number of hydrogen-bond acceptors (Lipinski definition) is 2. The van der Waals surface area contributed by atoms with Crippen LogP contribution < -0.4 is 0 Å². The lowest BCUT2D eigenvalue weighted by atomic mass is 9.88. The second-order valence-corrected chi connectivity index (χ2v) is 5.65. The molecule has 4 atom stereocenters. The first-order chi connectivity index (χ1) is 7.97. The van der Waals surface area contributed by atoms with Gasteiger partial charge < -0.3 is 4.74 Å². The molecule has 1 heterocycles. The van der Waals surface area contributed by atoms with Gasteiger partial charge in [-0.05, 0) is 31.8 Å². The van der Waals surface area contributed by atoms with Gasteiger partial charge in [-0.25, -0.2) is 0 Å². The van der Waals surface area contributed by atoms with Gasteiger partial charge in [-0.2, -0.15) is 0 Å². The summed E-state index contributed by atoms with van der Waals surface area (Å²) in [6, 6.07) is 0. The van der Waals surface area contributed by atoms with E-state index in [0.717, 1.165) is 17.6 Å². The summed E-state index contributed by atoms with van der Waals surface area (Å²) >= 11 is 0. The van der Waals surface area contributed by atoms with E-state index >= 15 is 0 Å². The van der Waals surface area contributed by atoms with Crippen molar-refractivity contribution in [2.75, 3.05) is 0 Å². The average Bonchev–Trinajstić information content (AvgIpc) is 2.62. The molecular weight excluding hydrogens is 212 g/mol. The fourth-order valence-electron chi connectivity index (χ4n) is 3.18. The van der Waals surface area contributed by atoms with E-state index in [4.69, 9.17) is 4.74 Å². The van der Waals surface area contributed by atoms with Crippen molar-refractivity contribution in [3.63, 3.8) is 0 Å². The number of Topliss-reactive ketones (excluding diaryl/α,β-unsaturated/α-hetero) is 1. The summed E-state index contributed by atoms with van der Waals surface area (Å²) in [7, 11) is 0. The van der Waals surface area contributed by atoms with Gasteiger partial charge in [0.2, 0.25) is 0 Å². The molecule has 17 heavy (non-hydrogen) atoms. The van der Waals surface area contributed by atoms with Crippen LogP contribution in [-0.2, 0) is 9.53 Å². The molecule has 1 aliphatic heterocycles. The Kier molecular flexibility index (Phi) is 3.26. The Bertz CT molecular complexity index is 378. The lowest BCUT2D eigenvalue weighted by Crippen LogP contribution is -2.33. The SMILES string of the molecule is C=C[C@@H]1O[C@H](C)[C@@H]2C[C@H](C(C)C)C(=O)C2=C1C. The minimum Gasteiger partial charge on any atom is -0.366 e. The second kappa shape index (κ2) is 4.41. The van der Waals surface area contributed by atoms with Crippen molar-refractivity contribution in [1.29, 1.82) is 0 Å². The Morgan fingerprint density at radius 2 is 2.12 bits per heavy atom. The first-order valence-electron chi connectivity index (χ1n) is 6.50. The van der Waals surface area contributed by atoms with Gasteiger partial charge in [0.15, 0.2) is 5.78 Å². The molecule has 1 aliphatic carbocycles. The van der Waals surface area contributed by atoms with Crippen LogP contribution in [0.15, 0.2) is 23.8 Å². The van der Waals surface area contributed by atoms with E-state index in [2.05, 4.69) is 27.4 Å². The first-order valence-corrected chi connectivity index (χ1v) is 6.50. The van der Waals surface area contributed by atoms with Crippen LogP contribution in [0.25, 0.3) is 0 Å². The number of carbonyl (C=O) groups excluding carboxylic acids is 1. The molecule has 1 fully saturated rings. The molecule has 0 N–H and O–H groups in total. The Morgan fingerprint density at radius 1 is 1.47 bits per heavy atom. The summed E-state index contributed by atoms with van der Waals surface area (Å²) in [6.45, 7) is 12.1. The molecule has 0 radical (unpaired) electrons. The Labute approximate surface area is 104 Å². The minimum absolute atomic E-state index is 0.0777. The minimum atomic E-state index is -0.0777. The number of ether oxygens (including phenoxy) is 1. The Morgan fingerprint density at radius 3 is 2.65 bits per heavy atom. The fraction of sp³-hybridized carbons (Fsp3) is 0.667. The zero-order valence-corrected chi connectivity index (χ0v) is 11.2. The molecule has 0 saturated heterocycles. The smallest absolute Gasteiger partial charge is 0.162 e. The lowest BCUT2D eigenvalue weighted by molar-refractivity contribution is -0.119. The monoisotopic (exact) mass is 234 g/mol. The van der Waals surface area contributed by atoms with Gasteiger partial charge in [0.25, 0.3) is 0 Å². The molecule has 0 amide bonds. The van der Waals surface area contributed by atoms with Crippen LogP contribution in [0.4, 0.5) is 0 Å². The summed E-state index contributed by atoms with van der Waals surface area (Å²) in [5, 5.41) is 0. The number of fused-ring (bicyclic) bond motifs is 1. The third-order valence-corrected chi connectivity index (χ3v) is 4.28. The highest BCUT2D eigenvalue weighted by atomic mass is 16.5. The third kappa shape index (κ3) is 1.89. The third-order valence-electron chi connectivity index (χ3n) is 4.28. The van der Waals surface area contributed by atoms with E-state index in [1.54, 1.807) is 6.08 Å². The standard InChI is InChI=1S/C15H22O2/c1-6-13-9(4)14-12(10(5)17-13)7-11(8(2)3)15(14)16/h6,8,10-13H,1,7H2,2-5H3/t10-,11-,12+,13+/m1/s1. The van der Waals surface area contributed by atoms with Crippen LogP contribution in [0.5, 0.6) is 0 Å². The number of ketones is 1. The quantitative estimate of drug-likeness (QED) is 0.686. The molecule has 2 rings (SSSR count). The van der Waals surface area contributed by atoms with Crippen LogP contribution in [0.2, 0.25) is 0 Å². The van der Waals surface area contributed by atoms with Crippen LogP contribution >= 0.6 is 0 Å². The van der Waals surface area contributed by atoms with Crippen molar-refractivity contribution in [3.8, 4) is 0 Å². The second-order valence-electron chi connectivity index (χ2n) is 5.65. The van der Waals surface area contributed by atoms with Gasteiger partial charge in [-0.15, -0.1) is 6.58 Å². The van der Waals surface area contributed by atoms with Crippen molar-refractivity contribution in [3.05, 3.63) is 23.8 Å². The normalized spacial score (nSPS) is 37.6. The molecule has 0 unspecified atom stereocenters. The largest absolute Gasteiger partial charge is 0.366 e. The molecule has 0 aromatic carbocycles. The molecule has 2 aliphatic rings. The van der Waals surface area contributed by atoms with E-state index in [0.29, 0.717) is 17.6 Å². The molecule has 2 nitrogen and oxygen atoms in total. The zero-order valence-electron chi connectivity index (χ0n) is 11.2. The molecule has 94 valence electrons. The van der Waals surface area contributed by atoms with Gasteiger partial charge in [-0.3, -0.25) is 4.79 Å². The summed E-state index contributed by atoms with van der Waals surface area (Å²) in [6.07, 6.45) is 2.80. The molecule has 0 aromatic rings. The van der Waals surface area contributed by atoms with Gasteiger partial charge in [0.05, 0.1) is 12.2 Å². The maximum Gasteiger partial charge on any atom is 0.162 e. The summed E-state index contributed by atoms with van der Waals surface area (Å²) < 4.78 is 5.91. The van der Waals surface area contributed by atoms with Gasteiger partial charge >= 0.3 is 0 Å². The number of hydrogen-bond donors (Lipinski definition) is 0. The van der Waals surface area contributed by atoms with Crippen LogP contribution in [0.1, 0.15) is 34.1 Å². The highest BCUT2D eigenvalue weighted by Gasteiger charge is 2.45. The van der Waals surface area contributed by atoms with Crippen LogP contribution in [0, 0.1) is 17.8 Å². The summed E-state index contributed by atoms with van der Waals surface area (Å²) in [5.41, 5.74) is 2.11.